The van der Waals surface area contributed by atoms with Gasteiger partial charge in [-0.25, -0.2) is 0 Å². The average molecular weight is 361 g/mol. The molecule has 3 rings (SSSR count). The number of benzene rings is 2. The van der Waals surface area contributed by atoms with E-state index in [-0.39, 0.29) is 18.4 Å². The average Bonchev–Trinajstić information content (AvgIpc) is 2.64. The summed E-state index contributed by atoms with van der Waals surface area (Å²) in [4.78, 5) is 4.87. The lowest BCUT2D eigenvalue weighted by Gasteiger charge is -2.41. The van der Waals surface area contributed by atoms with Crippen molar-refractivity contribution in [3.05, 3.63) is 65.2 Å². The molecule has 0 aromatic heterocycles. The van der Waals surface area contributed by atoms with E-state index >= 15 is 0 Å². The highest BCUT2D eigenvalue weighted by Crippen LogP contribution is 2.26. The molecule has 1 N–H and O–H groups in total. The molecule has 1 fully saturated rings. The van der Waals surface area contributed by atoms with Gasteiger partial charge >= 0.3 is 0 Å². The maximum Gasteiger partial charge on any atom is 0.0942 e. The first-order valence-corrected chi connectivity index (χ1v) is 8.86. The number of aliphatic hydroxyl groups is 1. The van der Waals surface area contributed by atoms with Crippen molar-refractivity contribution in [1.82, 2.24) is 4.90 Å². The minimum absolute atomic E-state index is 0. The van der Waals surface area contributed by atoms with Gasteiger partial charge in [0.2, 0.25) is 0 Å². The number of anilines is 1. The summed E-state index contributed by atoms with van der Waals surface area (Å²) in [5, 5.41) is 10.6. The third-order valence-electron chi connectivity index (χ3n) is 5.40. The fourth-order valence-electron chi connectivity index (χ4n) is 3.58. The predicted molar refractivity (Wildman–Crippen MR) is 108 cm³/mol. The smallest absolute Gasteiger partial charge is 0.0942 e. The lowest BCUT2D eigenvalue weighted by Crippen LogP contribution is -2.51. The molecule has 1 saturated heterocycles. The Hall–Kier alpha value is -1.55. The number of rotatable bonds is 4. The first-order chi connectivity index (χ1) is 11.6. The third kappa shape index (κ3) is 4.35. The maximum atomic E-state index is 10.6. The number of hydrogen-bond acceptors (Lipinski definition) is 3. The summed E-state index contributed by atoms with van der Waals surface area (Å²) in [5.41, 5.74) is 5.08. The molecule has 3 nitrogen and oxygen atoms in total. The van der Waals surface area contributed by atoms with E-state index in [0.29, 0.717) is 0 Å². The molecule has 0 radical (unpaired) electrons. The fourth-order valence-corrected chi connectivity index (χ4v) is 3.58. The number of aliphatic hydroxyl groups excluding tert-OH is 1. The van der Waals surface area contributed by atoms with Crippen molar-refractivity contribution in [3.8, 4) is 0 Å². The summed E-state index contributed by atoms with van der Waals surface area (Å²) in [5.74, 6) is 0. The Balaban J connectivity index is 0.00000225. The van der Waals surface area contributed by atoms with Crippen LogP contribution in [0.5, 0.6) is 0 Å². The van der Waals surface area contributed by atoms with Gasteiger partial charge in [-0.05, 0) is 43.5 Å². The molecule has 2 atom stereocenters. The van der Waals surface area contributed by atoms with E-state index < -0.39 is 6.10 Å². The van der Waals surface area contributed by atoms with Crippen molar-refractivity contribution in [2.75, 3.05) is 31.1 Å². The SMILES string of the molecule is Cc1cccc(N2CCN(C(C)C(O)c3ccccc3)CC2)c1C.Cl. The molecule has 0 aliphatic carbocycles. The highest BCUT2D eigenvalue weighted by Gasteiger charge is 2.27. The summed E-state index contributed by atoms with van der Waals surface area (Å²) < 4.78 is 0. The van der Waals surface area contributed by atoms with Crippen LogP contribution in [0.25, 0.3) is 0 Å². The van der Waals surface area contributed by atoms with E-state index in [0.717, 1.165) is 31.7 Å². The van der Waals surface area contributed by atoms with Crippen LogP contribution >= 0.6 is 12.4 Å². The highest BCUT2D eigenvalue weighted by molar-refractivity contribution is 5.85. The van der Waals surface area contributed by atoms with Crippen molar-refractivity contribution in [2.45, 2.75) is 32.9 Å². The van der Waals surface area contributed by atoms with Gasteiger partial charge in [-0.15, -0.1) is 12.4 Å². The van der Waals surface area contributed by atoms with Gasteiger partial charge in [0.15, 0.2) is 0 Å². The Labute approximate surface area is 157 Å². The molecular formula is C21H29ClN2O. The monoisotopic (exact) mass is 360 g/mol. The number of hydrogen-bond donors (Lipinski definition) is 1. The zero-order valence-electron chi connectivity index (χ0n) is 15.4. The topological polar surface area (TPSA) is 26.7 Å². The van der Waals surface area contributed by atoms with E-state index in [1.165, 1.54) is 16.8 Å². The minimum atomic E-state index is -0.432. The molecule has 0 spiro atoms. The van der Waals surface area contributed by atoms with Gasteiger partial charge in [0.1, 0.15) is 0 Å². The molecule has 25 heavy (non-hydrogen) atoms. The van der Waals surface area contributed by atoms with Gasteiger partial charge in [0.25, 0.3) is 0 Å². The molecule has 0 bridgehead atoms. The number of piperazine rings is 1. The Kier molecular flexibility index (Phi) is 6.88. The van der Waals surface area contributed by atoms with E-state index in [2.05, 4.69) is 48.8 Å². The molecule has 2 aromatic carbocycles. The number of halogens is 1. The van der Waals surface area contributed by atoms with Crippen LogP contribution in [-0.4, -0.2) is 42.2 Å². The lowest BCUT2D eigenvalue weighted by atomic mass is 10.0. The minimum Gasteiger partial charge on any atom is -0.387 e. The van der Waals surface area contributed by atoms with E-state index in [1.54, 1.807) is 0 Å². The fraction of sp³-hybridized carbons (Fsp3) is 0.429. The summed E-state index contributed by atoms with van der Waals surface area (Å²) >= 11 is 0. The van der Waals surface area contributed by atoms with Crippen molar-refractivity contribution < 1.29 is 5.11 Å². The maximum absolute atomic E-state index is 10.6. The second kappa shape index (κ2) is 8.70. The second-order valence-corrected chi connectivity index (χ2v) is 6.84. The molecule has 0 amide bonds. The van der Waals surface area contributed by atoms with E-state index in [4.69, 9.17) is 0 Å². The van der Waals surface area contributed by atoms with Crippen molar-refractivity contribution in [1.29, 1.82) is 0 Å². The summed E-state index contributed by atoms with van der Waals surface area (Å²) in [6, 6.07) is 16.7. The van der Waals surface area contributed by atoms with Crippen LogP contribution in [0.4, 0.5) is 5.69 Å². The molecule has 1 heterocycles. The van der Waals surface area contributed by atoms with Gasteiger partial charge in [-0.1, -0.05) is 42.5 Å². The molecule has 4 heteroatoms. The Bertz CT molecular complexity index is 669. The molecule has 2 unspecified atom stereocenters. The van der Waals surface area contributed by atoms with E-state index in [9.17, 15) is 5.11 Å². The first kappa shape index (κ1) is 19.8. The Morgan fingerprint density at radius 3 is 2.16 bits per heavy atom. The first-order valence-electron chi connectivity index (χ1n) is 8.86. The summed E-state index contributed by atoms with van der Waals surface area (Å²) in [6.45, 7) is 10.5. The van der Waals surface area contributed by atoms with Gasteiger partial charge in [-0.3, -0.25) is 4.90 Å². The van der Waals surface area contributed by atoms with Crippen molar-refractivity contribution >= 4 is 18.1 Å². The number of aryl methyl sites for hydroxylation is 1. The van der Waals surface area contributed by atoms with Gasteiger partial charge in [0, 0.05) is 37.9 Å². The van der Waals surface area contributed by atoms with Crippen LogP contribution in [0.3, 0.4) is 0 Å². The van der Waals surface area contributed by atoms with Gasteiger partial charge in [0.05, 0.1) is 6.10 Å². The molecule has 0 saturated carbocycles. The van der Waals surface area contributed by atoms with Crippen molar-refractivity contribution in [2.24, 2.45) is 0 Å². The van der Waals surface area contributed by atoms with E-state index in [1.807, 2.05) is 30.3 Å². The lowest BCUT2D eigenvalue weighted by molar-refractivity contribution is 0.0545. The largest absolute Gasteiger partial charge is 0.387 e. The normalized spacial score (nSPS) is 17.7. The van der Waals surface area contributed by atoms with Crippen LogP contribution in [0, 0.1) is 13.8 Å². The molecule has 1 aliphatic rings. The quantitative estimate of drug-likeness (QED) is 0.893. The second-order valence-electron chi connectivity index (χ2n) is 6.84. The van der Waals surface area contributed by atoms with Gasteiger partial charge in [-0.2, -0.15) is 0 Å². The Morgan fingerprint density at radius 1 is 0.880 bits per heavy atom. The Morgan fingerprint density at radius 2 is 1.52 bits per heavy atom. The van der Waals surface area contributed by atoms with Crippen LogP contribution in [0.1, 0.15) is 29.7 Å². The third-order valence-corrected chi connectivity index (χ3v) is 5.40. The summed E-state index contributed by atoms with van der Waals surface area (Å²) in [7, 11) is 0. The van der Waals surface area contributed by atoms with Crippen LogP contribution in [0.15, 0.2) is 48.5 Å². The van der Waals surface area contributed by atoms with Crippen LogP contribution < -0.4 is 4.90 Å². The highest BCUT2D eigenvalue weighted by atomic mass is 35.5. The van der Waals surface area contributed by atoms with Crippen molar-refractivity contribution in [3.63, 3.8) is 0 Å². The summed E-state index contributed by atoms with van der Waals surface area (Å²) in [6.07, 6.45) is -0.432. The molecule has 1 aliphatic heterocycles. The van der Waals surface area contributed by atoms with Crippen LogP contribution in [-0.2, 0) is 0 Å². The number of nitrogens with zero attached hydrogens (tertiary/aromatic N) is 2. The molecule has 136 valence electrons. The molecular weight excluding hydrogens is 332 g/mol. The zero-order valence-corrected chi connectivity index (χ0v) is 16.2. The standard InChI is InChI=1S/C21H28N2O.ClH/c1-16-8-7-11-20(17(16)2)23-14-12-22(13-15-23)18(3)21(24)19-9-5-4-6-10-19;/h4-11,18,21,24H,12-15H2,1-3H3;1H. The zero-order chi connectivity index (χ0) is 17.1. The predicted octanol–water partition coefficient (Wildman–Crippen LogP) is 3.97. The van der Waals surface area contributed by atoms with Crippen LogP contribution in [0.2, 0.25) is 0 Å². The molecule has 2 aromatic rings. The van der Waals surface area contributed by atoms with Gasteiger partial charge < -0.3 is 10.0 Å².